The van der Waals surface area contributed by atoms with Crippen molar-refractivity contribution >= 4 is 34.8 Å². The van der Waals surface area contributed by atoms with Gasteiger partial charge >= 0.3 is 0 Å². The second-order valence-corrected chi connectivity index (χ2v) is 6.86. The number of benzene rings is 2. The molecule has 0 spiro atoms. The summed E-state index contributed by atoms with van der Waals surface area (Å²) in [5, 5.41) is 5.55. The monoisotopic (exact) mass is 419 g/mol. The Hall–Kier alpha value is -4.07. The Kier molecular flexibility index (Phi) is 5.70. The van der Waals surface area contributed by atoms with Crippen LogP contribution in [-0.4, -0.2) is 30.4 Å². The van der Waals surface area contributed by atoms with Gasteiger partial charge in [-0.15, -0.1) is 0 Å². The Morgan fingerprint density at radius 2 is 1.87 bits per heavy atom. The largest absolute Gasteiger partial charge is 0.492 e. The summed E-state index contributed by atoms with van der Waals surface area (Å²) in [7, 11) is 0. The molecule has 8 heteroatoms. The molecule has 31 heavy (non-hydrogen) atoms. The second kappa shape index (κ2) is 8.74. The molecule has 0 saturated carbocycles. The molecule has 1 aliphatic rings. The summed E-state index contributed by atoms with van der Waals surface area (Å²) in [4.78, 5) is 40.2. The fourth-order valence-electron chi connectivity index (χ4n) is 3.47. The maximum atomic E-state index is 13.2. The number of nitrogens with zero attached hydrogens (tertiary/aromatic N) is 1. The van der Waals surface area contributed by atoms with Gasteiger partial charge < -0.3 is 19.8 Å². The van der Waals surface area contributed by atoms with E-state index in [0.717, 1.165) is 0 Å². The minimum absolute atomic E-state index is 0.0802. The van der Waals surface area contributed by atoms with Crippen molar-refractivity contribution in [2.24, 2.45) is 0 Å². The van der Waals surface area contributed by atoms with E-state index in [9.17, 15) is 14.4 Å². The predicted octanol–water partition coefficient (Wildman–Crippen LogP) is 3.67. The lowest BCUT2D eigenvalue weighted by Gasteiger charge is -2.35. The average molecular weight is 419 g/mol. The summed E-state index contributed by atoms with van der Waals surface area (Å²) in [6.45, 7) is 2.29. The molecule has 0 aliphatic carbocycles. The zero-order chi connectivity index (χ0) is 21.8. The van der Waals surface area contributed by atoms with E-state index in [0.29, 0.717) is 29.4 Å². The van der Waals surface area contributed by atoms with Gasteiger partial charge in [-0.1, -0.05) is 24.3 Å². The number of amides is 3. The average Bonchev–Trinajstić information content (AvgIpc) is 3.30. The molecule has 2 N–H and O–H groups in total. The molecule has 0 fully saturated rings. The third-order valence-corrected chi connectivity index (χ3v) is 4.83. The molecule has 3 aromatic rings. The van der Waals surface area contributed by atoms with E-state index in [1.807, 2.05) is 6.92 Å². The van der Waals surface area contributed by atoms with Crippen LogP contribution in [0.3, 0.4) is 0 Å². The fraction of sp³-hybridized carbons (Fsp3) is 0.174. The lowest BCUT2D eigenvalue weighted by molar-refractivity contribution is -0.122. The van der Waals surface area contributed by atoms with Gasteiger partial charge in [0, 0.05) is 0 Å². The number of ether oxygens (including phenoxy) is 1. The number of fused-ring (bicyclic) bond motifs is 1. The molecule has 0 saturated heterocycles. The van der Waals surface area contributed by atoms with Crippen LogP contribution in [0.4, 0.5) is 17.1 Å². The number of nitrogens with one attached hydrogen (secondary N) is 2. The molecule has 1 aromatic heterocycles. The van der Waals surface area contributed by atoms with Crippen LogP contribution >= 0.6 is 0 Å². The number of carbonyl (C=O) groups excluding carboxylic acids is 3. The molecule has 0 radical (unpaired) electrons. The number of anilines is 3. The van der Waals surface area contributed by atoms with Crippen LogP contribution in [0.25, 0.3) is 0 Å². The zero-order valence-electron chi connectivity index (χ0n) is 16.8. The van der Waals surface area contributed by atoms with E-state index >= 15 is 0 Å². The Morgan fingerprint density at radius 3 is 2.65 bits per heavy atom. The van der Waals surface area contributed by atoms with Gasteiger partial charge in [0.2, 0.25) is 11.8 Å². The molecule has 2 heterocycles. The summed E-state index contributed by atoms with van der Waals surface area (Å²) in [5.74, 6) is -0.771. The number of hydrogen-bond acceptors (Lipinski definition) is 5. The Bertz CT molecular complexity index is 1110. The molecule has 1 unspecified atom stereocenters. The first-order chi connectivity index (χ1) is 15.1. The number of furan rings is 1. The highest BCUT2D eigenvalue weighted by Gasteiger charge is 2.39. The van der Waals surface area contributed by atoms with Crippen molar-refractivity contribution in [3.63, 3.8) is 0 Å². The number of rotatable bonds is 6. The van der Waals surface area contributed by atoms with E-state index in [1.165, 1.54) is 17.2 Å². The van der Waals surface area contributed by atoms with Gasteiger partial charge in [-0.3, -0.25) is 19.3 Å². The summed E-state index contributed by atoms with van der Waals surface area (Å²) in [6.07, 6.45) is 1.14. The third kappa shape index (κ3) is 4.13. The van der Waals surface area contributed by atoms with Gasteiger partial charge in [-0.05, 0) is 43.3 Å². The van der Waals surface area contributed by atoms with Gasteiger partial charge in [0.05, 0.1) is 36.4 Å². The third-order valence-electron chi connectivity index (χ3n) is 4.83. The first kappa shape index (κ1) is 20.2. The van der Waals surface area contributed by atoms with Crippen LogP contribution in [0.15, 0.2) is 71.3 Å². The maximum absolute atomic E-state index is 13.2. The van der Waals surface area contributed by atoms with Crippen molar-refractivity contribution in [3.8, 4) is 5.75 Å². The lowest BCUT2D eigenvalue weighted by Crippen LogP contribution is -2.52. The van der Waals surface area contributed by atoms with Crippen molar-refractivity contribution in [2.45, 2.75) is 19.4 Å². The van der Waals surface area contributed by atoms with Gasteiger partial charge in [0.25, 0.3) is 5.91 Å². The molecule has 2 aromatic carbocycles. The topological polar surface area (TPSA) is 101 Å². The molecule has 1 atom stereocenters. The summed E-state index contributed by atoms with van der Waals surface area (Å²) in [6, 6.07) is 16.0. The molecule has 1 aliphatic heterocycles. The maximum Gasteiger partial charge on any atom is 0.294 e. The molecule has 3 amide bonds. The Balaban J connectivity index is 1.62. The van der Waals surface area contributed by atoms with E-state index in [2.05, 4.69) is 10.6 Å². The van der Waals surface area contributed by atoms with Crippen LogP contribution in [0.2, 0.25) is 0 Å². The van der Waals surface area contributed by atoms with Crippen LogP contribution in [0, 0.1) is 0 Å². The Morgan fingerprint density at radius 1 is 1.10 bits per heavy atom. The summed E-state index contributed by atoms with van der Waals surface area (Å²) < 4.78 is 10.8. The number of hydrogen-bond donors (Lipinski definition) is 2. The van der Waals surface area contributed by atoms with Crippen molar-refractivity contribution in [1.29, 1.82) is 0 Å². The minimum atomic E-state index is -1.05. The molecule has 4 rings (SSSR count). The number of para-hydroxylation sites is 4. The molecule has 158 valence electrons. The van der Waals surface area contributed by atoms with Crippen molar-refractivity contribution in [1.82, 2.24) is 0 Å². The van der Waals surface area contributed by atoms with Crippen LogP contribution < -0.4 is 20.3 Å². The summed E-state index contributed by atoms with van der Waals surface area (Å²) in [5.41, 5.74) is 1.48. The van der Waals surface area contributed by atoms with E-state index < -0.39 is 23.8 Å². The quantitative estimate of drug-likeness (QED) is 0.635. The highest BCUT2D eigenvalue weighted by Crippen LogP contribution is 2.34. The first-order valence-corrected chi connectivity index (χ1v) is 9.87. The summed E-state index contributed by atoms with van der Waals surface area (Å²) >= 11 is 0. The zero-order valence-corrected chi connectivity index (χ0v) is 16.8. The first-order valence-electron chi connectivity index (χ1n) is 9.87. The van der Waals surface area contributed by atoms with Crippen molar-refractivity contribution in [3.05, 3.63) is 72.7 Å². The highest BCUT2D eigenvalue weighted by atomic mass is 16.5. The highest BCUT2D eigenvalue weighted by molar-refractivity contribution is 6.17. The fourth-order valence-corrected chi connectivity index (χ4v) is 3.47. The number of carbonyl (C=O) groups is 3. The van der Waals surface area contributed by atoms with Gasteiger partial charge in [0.15, 0.2) is 5.76 Å². The van der Waals surface area contributed by atoms with E-state index in [1.54, 1.807) is 54.6 Å². The van der Waals surface area contributed by atoms with Crippen LogP contribution in [-0.2, 0) is 9.59 Å². The molecular weight excluding hydrogens is 398 g/mol. The lowest BCUT2D eigenvalue weighted by atomic mass is 10.0. The standard InChI is InChI=1S/C23H21N3O5/c1-2-30-19-11-6-4-9-16(19)24-21(27)14-18-22(28)25-15-8-3-5-10-17(15)26(18)23(29)20-12-7-13-31-20/h3-13,18H,2,14H2,1H3,(H,24,27)(H,25,28). The van der Waals surface area contributed by atoms with E-state index in [-0.39, 0.29) is 12.2 Å². The van der Waals surface area contributed by atoms with Crippen LogP contribution in [0.1, 0.15) is 23.9 Å². The predicted molar refractivity (Wildman–Crippen MR) is 115 cm³/mol. The second-order valence-electron chi connectivity index (χ2n) is 6.86. The Labute approximate surface area is 178 Å². The SMILES string of the molecule is CCOc1ccccc1NC(=O)CC1C(=O)Nc2ccccc2N1C(=O)c1ccco1. The van der Waals surface area contributed by atoms with Crippen molar-refractivity contribution < 1.29 is 23.5 Å². The van der Waals surface area contributed by atoms with Gasteiger partial charge in [-0.25, -0.2) is 0 Å². The van der Waals surface area contributed by atoms with Gasteiger partial charge in [0.1, 0.15) is 11.8 Å². The molecular formula is C23H21N3O5. The minimum Gasteiger partial charge on any atom is -0.492 e. The smallest absolute Gasteiger partial charge is 0.294 e. The van der Waals surface area contributed by atoms with Crippen LogP contribution in [0.5, 0.6) is 5.75 Å². The normalized spacial score (nSPS) is 15.1. The molecule has 8 nitrogen and oxygen atoms in total. The van der Waals surface area contributed by atoms with E-state index in [4.69, 9.17) is 9.15 Å². The van der Waals surface area contributed by atoms with Gasteiger partial charge in [-0.2, -0.15) is 0 Å². The molecule has 0 bridgehead atoms. The van der Waals surface area contributed by atoms with Crippen molar-refractivity contribution in [2.75, 3.05) is 22.1 Å².